The van der Waals surface area contributed by atoms with Gasteiger partial charge in [0.25, 0.3) is 0 Å². The third kappa shape index (κ3) is 2.81. The fraction of sp³-hybridized carbons (Fsp3) is 0.286. The Kier molecular flexibility index (Phi) is 4.35. The van der Waals surface area contributed by atoms with E-state index in [0.29, 0.717) is 27.4 Å². The largest absolute Gasteiger partial charge is 0.504 e. The molecule has 2 aromatic rings. The number of benzene rings is 1. The number of ether oxygens (including phenoxy) is 1. The molecule has 0 aliphatic carbocycles. The summed E-state index contributed by atoms with van der Waals surface area (Å²) in [6.45, 7) is 3.94. The average molecular weight is 313 g/mol. The number of hydrogen-bond donors (Lipinski definition) is 1. The van der Waals surface area contributed by atoms with Crippen molar-refractivity contribution in [1.82, 2.24) is 9.97 Å². The van der Waals surface area contributed by atoms with Gasteiger partial charge >= 0.3 is 0 Å². The van der Waals surface area contributed by atoms with Gasteiger partial charge in [0, 0.05) is 11.1 Å². The minimum absolute atomic E-state index is 0.0484. The van der Waals surface area contributed by atoms with Gasteiger partial charge in [0.05, 0.1) is 7.11 Å². The Morgan fingerprint density at radius 2 is 1.75 bits per heavy atom. The third-order valence-electron chi connectivity index (χ3n) is 2.87. The summed E-state index contributed by atoms with van der Waals surface area (Å²) in [5.74, 6) is 0.916. The standard InChI is InChI=1S/C14H14Cl2N2O2/c1-7(2)11-12(15)17-14(18-13(11)16)8-4-5-9(19)10(6-8)20-3/h4-7,19H,1-3H3. The number of aromatic nitrogens is 2. The quantitative estimate of drug-likeness (QED) is 0.859. The fourth-order valence-electron chi connectivity index (χ4n) is 1.84. The van der Waals surface area contributed by atoms with E-state index in [4.69, 9.17) is 27.9 Å². The van der Waals surface area contributed by atoms with E-state index in [-0.39, 0.29) is 11.7 Å². The molecule has 106 valence electrons. The normalized spacial score (nSPS) is 10.9. The SMILES string of the molecule is COc1cc(-c2nc(Cl)c(C(C)C)c(Cl)n2)ccc1O. The van der Waals surface area contributed by atoms with Crippen molar-refractivity contribution in [3.63, 3.8) is 0 Å². The highest BCUT2D eigenvalue weighted by Crippen LogP contribution is 2.34. The summed E-state index contributed by atoms with van der Waals surface area (Å²) in [6, 6.07) is 4.82. The van der Waals surface area contributed by atoms with Gasteiger partial charge in [0.2, 0.25) is 0 Å². The Morgan fingerprint density at radius 1 is 1.15 bits per heavy atom. The first-order valence-electron chi connectivity index (χ1n) is 6.04. The molecule has 0 fully saturated rings. The summed E-state index contributed by atoms with van der Waals surface area (Å²) in [6.07, 6.45) is 0. The van der Waals surface area contributed by atoms with Gasteiger partial charge in [-0.3, -0.25) is 0 Å². The zero-order valence-electron chi connectivity index (χ0n) is 11.3. The predicted octanol–water partition coefficient (Wildman–Crippen LogP) is 4.29. The molecule has 1 aromatic heterocycles. The first-order chi connectivity index (χ1) is 9.43. The Balaban J connectivity index is 2.54. The molecule has 0 spiro atoms. The van der Waals surface area contributed by atoms with Gasteiger partial charge in [0.1, 0.15) is 10.3 Å². The number of rotatable bonds is 3. The van der Waals surface area contributed by atoms with Gasteiger partial charge in [-0.1, -0.05) is 37.0 Å². The summed E-state index contributed by atoms with van der Waals surface area (Å²) in [5.41, 5.74) is 1.39. The number of nitrogens with zero attached hydrogens (tertiary/aromatic N) is 2. The van der Waals surface area contributed by atoms with Crippen LogP contribution in [0.15, 0.2) is 18.2 Å². The van der Waals surface area contributed by atoms with Gasteiger partial charge in [-0.25, -0.2) is 9.97 Å². The molecule has 0 saturated carbocycles. The average Bonchev–Trinajstić information content (AvgIpc) is 2.37. The van der Waals surface area contributed by atoms with Crippen molar-refractivity contribution in [2.75, 3.05) is 7.11 Å². The maximum Gasteiger partial charge on any atom is 0.162 e. The fourth-order valence-corrected chi connectivity index (χ4v) is 2.66. The zero-order chi connectivity index (χ0) is 14.9. The smallest absolute Gasteiger partial charge is 0.162 e. The van der Waals surface area contributed by atoms with Crippen molar-refractivity contribution < 1.29 is 9.84 Å². The lowest BCUT2D eigenvalue weighted by atomic mass is 10.1. The van der Waals surface area contributed by atoms with Crippen molar-refractivity contribution in [1.29, 1.82) is 0 Å². The van der Waals surface area contributed by atoms with Gasteiger partial charge in [-0.05, 0) is 24.1 Å². The molecule has 2 rings (SSSR count). The van der Waals surface area contributed by atoms with Crippen LogP contribution in [0.2, 0.25) is 10.3 Å². The van der Waals surface area contributed by atoms with Crippen LogP contribution in [-0.4, -0.2) is 22.2 Å². The summed E-state index contributed by atoms with van der Waals surface area (Å²) < 4.78 is 5.06. The first kappa shape index (κ1) is 14.9. The molecule has 20 heavy (non-hydrogen) atoms. The van der Waals surface area contributed by atoms with Crippen LogP contribution in [0.3, 0.4) is 0 Å². The molecule has 0 aliphatic heterocycles. The molecule has 0 saturated heterocycles. The number of hydrogen-bond acceptors (Lipinski definition) is 4. The number of aromatic hydroxyl groups is 1. The summed E-state index contributed by atoms with van der Waals surface area (Å²) in [4.78, 5) is 8.53. The van der Waals surface area contributed by atoms with Crippen LogP contribution in [0.5, 0.6) is 11.5 Å². The lowest BCUT2D eigenvalue weighted by Gasteiger charge is -2.11. The van der Waals surface area contributed by atoms with Crippen LogP contribution in [0, 0.1) is 0 Å². The molecule has 0 aliphatic rings. The van der Waals surface area contributed by atoms with E-state index in [1.54, 1.807) is 12.1 Å². The molecular formula is C14H14Cl2N2O2. The van der Waals surface area contributed by atoms with Gasteiger partial charge in [0.15, 0.2) is 17.3 Å². The Bertz CT molecular complexity index is 622. The van der Waals surface area contributed by atoms with Crippen molar-refractivity contribution in [3.05, 3.63) is 34.1 Å². The van der Waals surface area contributed by atoms with Gasteiger partial charge in [-0.2, -0.15) is 0 Å². The van der Waals surface area contributed by atoms with Crippen LogP contribution in [-0.2, 0) is 0 Å². The maximum absolute atomic E-state index is 9.59. The Morgan fingerprint density at radius 3 is 2.25 bits per heavy atom. The molecule has 4 nitrogen and oxygen atoms in total. The van der Waals surface area contributed by atoms with E-state index >= 15 is 0 Å². The summed E-state index contributed by atoms with van der Waals surface area (Å²) in [5, 5.41) is 10.3. The second-order valence-electron chi connectivity index (χ2n) is 4.58. The Labute approximate surface area is 127 Å². The van der Waals surface area contributed by atoms with Crippen LogP contribution in [0.25, 0.3) is 11.4 Å². The predicted molar refractivity (Wildman–Crippen MR) is 79.8 cm³/mol. The van der Waals surface area contributed by atoms with Crippen LogP contribution < -0.4 is 4.74 Å². The van der Waals surface area contributed by atoms with E-state index in [1.807, 2.05) is 13.8 Å². The van der Waals surface area contributed by atoms with Gasteiger partial charge < -0.3 is 9.84 Å². The molecule has 1 aromatic carbocycles. The highest BCUT2D eigenvalue weighted by Gasteiger charge is 2.16. The molecule has 0 bridgehead atoms. The molecule has 0 radical (unpaired) electrons. The van der Waals surface area contributed by atoms with Crippen molar-refractivity contribution >= 4 is 23.2 Å². The minimum Gasteiger partial charge on any atom is -0.504 e. The van der Waals surface area contributed by atoms with Gasteiger partial charge in [-0.15, -0.1) is 0 Å². The molecule has 0 atom stereocenters. The highest BCUT2D eigenvalue weighted by atomic mass is 35.5. The number of halogens is 2. The molecular weight excluding hydrogens is 299 g/mol. The molecule has 1 N–H and O–H groups in total. The van der Waals surface area contributed by atoms with E-state index in [1.165, 1.54) is 13.2 Å². The van der Waals surface area contributed by atoms with E-state index in [9.17, 15) is 5.11 Å². The van der Waals surface area contributed by atoms with E-state index in [0.717, 1.165) is 5.56 Å². The topological polar surface area (TPSA) is 55.2 Å². The Hall–Kier alpha value is -1.52. The minimum atomic E-state index is 0.0484. The highest BCUT2D eigenvalue weighted by molar-refractivity contribution is 6.34. The second-order valence-corrected chi connectivity index (χ2v) is 5.30. The van der Waals surface area contributed by atoms with E-state index < -0.39 is 0 Å². The third-order valence-corrected chi connectivity index (χ3v) is 3.44. The zero-order valence-corrected chi connectivity index (χ0v) is 12.8. The number of phenolic OH excluding ortho intramolecular Hbond substituents is 1. The molecule has 6 heteroatoms. The van der Waals surface area contributed by atoms with Crippen molar-refractivity contribution in [3.8, 4) is 22.9 Å². The van der Waals surface area contributed by atoms with Crippen LogP contribution >= 0.6 is 23.2 Å². The number of phenols is 1. The van der Waals surface area contributed by atoms with Crippen LogP contribution in [0.4, 0.5) is 0 Å². The van der Waals surface area contributed by atoms with E-state index in [2.05, 4.69) is 9.97 Å². The van der Waals surface area contributed by atoms with Crippen molar-refractivity contribution in [2.45, 2.75) is 19.8 Å². The molecule has 0 amide bonds. The second kappa shape index (κ2) is 5.85. The first-order valence-corrected chi connectivity index (χ1v) is 6.80. The summed E-state index contributed by atoms with van der Waals surface area (Å²) in [7, 11) is 1.47. The number of methoxy groups -OCH3 is 1. The summed E-state index contributed by atoms with van der Waals surface area (Å²) >= 11 is 12.3. The molecule has 1 heterocycles. The monoisotopic (exact) mass is 312 g/mol. The lowest BCUT2D eigenvalue weighted by Crippen LogP contribution is -1.99. The van der Waals surface area contributed by atoms with Crippen LogP contribution in [0.1, 0.15) is 25.3 Å². The lowest BCUT2D eigenvalue weighted by molar-refractivity contribution is 0.373. The van der Waals surface area contributed by atoms with Crippen molar-refractivity contribution in [2.24, 2.45) is 0 Å². The molecule has 0 unspecified atom stereocenters. The maximum atomic E-state index is 9.59.